The molecule has 0 aliphatic heterocycles. The summed E-state index contributed by atoms with van der Waals surface area (Å²) in [4.78, 5) is 4.87. The first-order valence-electron chi connectivity index (χ1n) is 9.32. The maximum absolute atomic E-state index is 4.87. The van der Waals surface area contributed by atoms with E-state index in [0.29, 0.717) is 6.04 Å². The molecule has 0 saturated heterocycles. The average Bonchev–Trinajstić information content (AvgIpc) is 3.45. The fourth-order valence-electron chi connectivity index (χ4n) is 3.80. The summed E-state index contributed by atoms with van der Waals surface area (Å²) in [5, 5.41) is 13.4. The van der Waals surface area contributed by atoms with Crippen LogP contribution in [0.25, 0.3) is 16.9 Å². The number of imidazole rings is 1. The van der Waals surface area contributed by atoms with Gasteiger partial charge in [-0.05, 0) is 35.4 Å². The van der Waals surface area contributed by atoms with Crippen LogP contribution in [-0.2, 0) is 5.75 Å². The van der Waals surface area contributed by atoms with Crippen LogP contribution in [0.1, 0.15) is 37.4 Å². The van der Waals surface area contributed by atoms with Gasteiger partial charge in [-0.3, -0.25) is 0 Å². The fourth-order valence-corrected chi connectivity index (χ4v) is 4.76. The molecule has 0 spiro atoms. The maximum Gasteiger partial charge on any atom is 0.209 e. The van der Waals surface area contributed by atoms with E-state index in [9.17, 15) is 0 Å². The highest BCUT2D eigenvalue weighted by atomic mass is 32.2. The van der Waals surface area contributed by atoms with E-state index in [4.69, 9.17) is 4.98 Å². The quantitative estimate of drug-likeness (QED) is 0.483. The third-order valence-electron chi connectivity index (χ3n) is 5.15. The van der Waals surface area contributed by atoms with Gasteiger partial charge >= 0.3 is 0 Å². The monoisotopic (exact) mass is 376 g/mol. The molecular formula is C20H20N6S. The lowest BCUT2D eigenvalue weighted by Gasteiger charge is -2.11. The Morgan fingerprint density at radius 3 is 2.67 bits per heavy atom. The van der Waals surface area contributed by atoms with Crippen LogP contribution in [-0.4, -0.2) is 29.6 Å². The molecule has 3 aromatic heterocycles. The fraction of sp³-hybridized carbons (Fsp3) is 0.300. The number of aromatic nitrogens is 6. The maximum atomic E-state index is 4.87. The minimum Gasteiger partial charge on any atom is -0.303 e. The van der Waals surface area contributed by atoms with E-state index < -0.39 is 0 Å². The highest BCUT2D eigenvalue weighted by Crippen LogP contribution is 2.34. The lowest BCUT2D eigenvalue weighted by Crippen LogP contribution is -2.08. The van der Waals surface area contributed by atoms with E-state index in [2.05, 4.69) is 50.4 Å². The van der Waals surface area contributed by atoms with Crippen molar-refractivity contribution < 1.29 is 0 Å². The summed E-state index contributed by atoms with van der Waals surface area (Å²) in [7, 11) is 0. The van der Waals surface area contributed by atoms with Crippen LogP contribution >= 0.6 is 11.8 Å². The Morgan fingerprint density at radius 2 is 1.81 bits per heavy atom. The number of hydrogen-bond acceptors (Lipinski definition) is 5. The van der Waals surface area contributed by atoms with E-state index >= 15 is 0 Å². The topological polar surface area (TPSA) is 60.9 Å². The van der Waals surface area contributed by atoms with E-state index in [0.717, 1.165) is 27.8 Å². The van der Waals surface area contributed by atoms with Crippen molar-refractivity contribution in [3.63, 3.8) is 0 Å². The first-order valence-corrected chi connectivity index (χ1v) is 10.3. The van der Waals surface area contributed by atoms with Gasteiger partial charge in [0.05, 0.1) is 17.4 Å². The van der Waals surface area contributed by atoms with Gasteiger partial charge in [-0.1, -0.05) is 61.0 Å². The van der Waals surface area contributed by atoms with E-state index in [1.54, 1.807) is 11.8 Å². The number of pyridine rings is 1. The second-order valence-corrected chi connectivity index (χ2v) is 7.78. The van der Waals surface area contributed by atoms with E-state index in [1.807, 2.05) is 28.9 Å². The van der Waals surface area contributed by atoms with Crippen LogP contribution in [0.2, 0.25) is 0 Å². The molecular weight excluding hydrogens is 356 g/mol. The Balaban J connectivity index is 1.49. The Hall–Kier alpha value is -2.67. The Labute approximate surface area is 161 Å². The molecule has 0 N–H and O–H groups in total. The molecule has 1 saturated carbocycles. The summed E-state index contributed by atoms with van der Waals surface area (Å²) in [6.07, 6.45) is 6.94. The minimum absolute atomic E-state index is 0.443. The van der Waals surface area contributed by atoms with Crippen molar-refractivity contribution in [2.75, 3.05) is 0 Å². The molecule has 27 heavy (non-hydrogen) atoms. The summed E-state index contributed by atoms with van der Waals surface area (Å²) >= 11 is 1.69. The van der Waals surface area contributed by atoms with Gasteiger partial charge < -0.3 is 4.40 Å². The summed E-state index contributed by atoms with van der Waals surface area (Å²) in [5.74, 6) is 0.766. The van der Waals surface area contributed by atoms with Gasteiger partial charge in [0.1, 0.15) is 5.65 Å². The van der Waals surface area contributed by atoms with Crippen LogP contribution in [0, 0.1) is 0 Å². The molecule has 0 radical (unpaired) electrons. The third-order valence-corrected chi connectivity index (χ3v) is 6.09. The van der Waals surface area contributed by atoms with Gasteiger partial charge in [-0.25, -0.2) is 9.67 Å². The molecule has 1 aromatic carbocycles. The van der Waals surface area contributed by atoms with E-state index in [-0.39, 0.29) is 0 Å². The third kappa shape index (κ3) is 3.12. The molecule has 1 aliphatic carbocycles. The zero-order valence-electron chi connectivity index (χ0n) is 14.9. The number of hydrogen-bond donors (Lipinski definition) is 0. The van der Waals surface area contributed by atoms with Crippen molar-refractivity contribution in [2.24, 2.45) is 0 Å². The SMILES string of the molecule is c1ccc(-c2nc3ccccn3c2CSc2nnnn2C2CCCC2)cc1. The van der Waals surface area contributed by atoms with Gasteiger partial charge in [-0.2, -0.15) is 0 Å². The summed E-state index contributed by atoms with van der Waals surface area (Å²) in [5.41, 5.74) is 4.28. The molecule has 0 amide bonds. The van der Waals surface area contributed by atoms with Crippen molar-refractivity contribution in [3.05, 3.63) is 60.4 Å². The zero-order chi connectivity index (χ0) is 18.1. The number of tetrazole rings is 1. The molecule has 1 aliphatic rings. The van der Waals surface area contributed by atoms with Crippen molar-refractivity contribution in [2.45, 2.75) is 42.6 Å². The molecule has 7 heteroatoms. The molecule has 0 bridgehead atoms. The van der Waals surface area contributed by atoms with Gasteiger partial charge in [0, 0.05) is 17.5 Å². The molecule has 3 heterocycles. The molecule has 0 unspecified atom stereocenters. The van der Waals surface area contributed by atoms with Crippen LogP contribution < -0.4 is 0 Å². The molecule has 6 nitrogen and oxygen atoms in total. The van der Waals surface area contributed by atoms with Crippen LogP contribution in [0.4, 0.5) is 0 Å². The summed E-state index contributed by atoms with van der Waals surface area (Å²) < 4.78 is 4.18. The zero-order valence-corrected chi connectivity index (χ0v) is 15.7. The van der Waals surface area contributed by atoms with Crippen LogP contribution in [0.15, 0.2) is 59.9 Å². The van der Waals surface area contributed by atoms with Crippen molar-refractivity contribution in [1.29, 1.82) is 0 Å². The molecule has 4 aromatic rings. The largest absolute Gasteiger partial charge is 0.303 e. The van der Waals surface area contributed by atoms with Gasteiger partial charge in [0.25, 0.3) is 0 Å². The second-order valence-electron chi connectivity index (χ2n) is 6.83. The number of benzene rings is 1. The van der Waals surface area contributed by atoms with Gasteiger partial charge in [-0.15, -0.1) is 5.10 Å². The Morgan fingerprint density at radius 1 is 1.00 bits per heavy atom. The molecule has 0 atom stereocenters. The lowest BCUT2D eigenvalue weighted by molar-refractivity contribution is 0.423. The summed E-state index contributed by atoms with van der Waals surface area (Å²) in [6.45, 7) is 0. The first kappa shape index (κ1) is 16.5. The highest BCUT2D eigenvalue weighted by molar-refractivity contribution is 7.98. The van der Waals surface area contributed by atoms with Crippen molar-refractivity contribution in [3.8, 4) is 11.3 Å². The number of thioether (sulfide) groups is 1. The number of nitrogens with zero attached hydrogens (tertiary/aromatic N) is 6. The lowest BCUT2D eigenvalue weighted by atomic mass is 10.1. The van der Waals surface area contributed by atoms with E-state index in [1.165, 1.54) is 31.4 Å². The molecule has 5 rings (SSSR count). The van der Waals surface area contributed by atoms with Crippen molar-refractivity contribution >= 4 is 17.4 Å². The standard InChI is InChI=1S/C20H20N6S/c1-2-8-15(9-3-1)19-17(25-13-7-6-12-18(25)21-19)14-27-20-22-23-24-26(20)16-10-4-5-11-16/h1-3,6-9,12-13,16H,4-5,10-11,14H2. The average molecular weight is 376 g/mol. The van der Waals surface area contributed by atoms with Gasteiger partial charge in [0.2, 0.25) is 5.16 Å². The number of rotatable bonds is 5. The van der Waals surface area contributed by atoms with Gasteiger partial charge in [0.15, 0.2) is 0 Å². The predicted molar refractivity (Wildman–Crippen MR) is 106 cm³/mol. The Bertz CT molecular complexity index is 1050. The van der Waals surface area contributed by atoms with Crippen molar-refractivity contribution in [1.82, 2.24) is 29.6 Å². The predicted octanol–water partition coefficient (Wildman–Crippen LogP) is 4.40. The highest BCUT2D eigenvalue weighted by Gasteiger charge is 2.22. The van der Waals surface area contributed by atoms with Crippen LogP contribution in [0.5, 0.6) is 0 Å². The molecule has 1 fully saturated rings. The van der Waals surface area contributed by atoms with Crippen LogP contribution in [0.3, 0.4) is 0 Å². The summed E-state index contributed by atoms with van der Waals surface area (Å²) in [6, 6.07) is 16.9. The smallest absolute Gasteiger partial charge is 0.209 e. The second kappa shape index (κ2) is 7.15. The first-order chi connectivity index (χ1) is 13.4. The molecule has 136 valence electrons. The normalized spacial score (nSPS) is 15.0. The number of fused-ring (bicyclic) bond motifs is 1. The minimum atomic E-state index is 0.443. The Kier molecular flexibility index (Phi) is 4.37.